The average Bonchev–Trinajstić information content (AvgIpc) is 2.46. The van der Waals surface area contributed by atoms with Crippen LogP contribution in [0.15, 0.2) is 22.7 Å². The molecule has 2 aliphatic heterocycles. The van der Waals surface area contributed by atoms with Gasteiger partial charge in [0.25, 0.3) is 0 Å². The predicted octanol–water partition coefficient (Wildman–Crippen LogP) is 3.29. The van der Waals surface area contributed by atoms with Gasteiger partial charge in [0, 0.05) is 30.7 Å². The van der Waals surface area contributed by atoms with Crippen molar-refractivity contribution in [2.75, 3.05) is 32.7 Å². The molecule has 0 aliphatic carbocycles. The van der Waals surface area contributed by atoms with Gasteiger partial charge in [0.05, 0.1) is 0 Å². The number of piperidine rings is 1. The number of hydrogen-bond acceptors (Lipinski definition) is 2. The third-order valence-corrected chi connectivity index (χ3v) is 5.21. The first-order chi connectivity index (χ1) is 9.33. The highest BCUT2D eigenvalue weighted by molar-refractivity contribution is 9.10. The zero-order valence-electron chi connectivity index (χ0n) is 11.6. The summed E-state index contributed by atoms with van der Waals surface area (Å²) in [4.78, 5) is 5.25. The molecule has 0 radical (unpaired) electrons. The van der Waals surface area contributed by atoms with E-state index in [2.05, 4.69) is 43.9 Å². The third kappa shape index (κ3) is 3.39. The lowest BCUT2D eigenvalue weighted by Crippen LogP contribution is -2.39. The molecular weight excluding hydrogens is 300 g/mol. The van der Waals surface area contributed by atoms with Crippen LogP contribution in [0.25, 0.3) is 0 Å². The average molecular weight is 323 g/mol. The summed E-state index contributed by atoms with van der Waals surface area (Å²) in [5, 5.41) is 0. The molecule has 0 aromatic heterocycles. The summed E-state index contributed by atoms with van der Waals surface area (Å²) >= 11 is 3.68. The van der Waals surface area contributed by atoms with Gasteiger partial charge >= 0.3 is 0 Å². The molecular formula is C16H23BrN2. The van der Waals surface area contributed by atoms with Gasteiger partial charge in [0.2, 0.25) is 0 Å². The lowest BCUT2D eigenvalue weighted by molar-refractivity contribution is 0.173. The van der Waals surface area contributed by atoms with E-state index in [0.717, 1.165) is 6.54 Å². The summed E-state index contributed by atoms with van der Waals surface area (Å²) in [7, 11) is 0. The van der Waals surface area contributed by atoms with Crippen molar-refractivity contribution in [2.45, 2.75) is 32.2 Å². The number of fused-ring (bicyclic) bond motifs is 1. The zero-order valence-corrected chi connectivity index (χ0v) is 13.2. The smallest absolute Gasteiger partial charge is 0.0237 e. The second-order valence-corrected chi connectivity index (χ2v) is 6.66. The number of hydrogen-bond donors (Lipinski definition) is 0. The summed E-state index contributed by atoms with van der Waals surface area (Å²) < 4.78 is 1.29. The maximum absolute atomic E-state index is 3.68. The quantitative estimate of drug-likeness (QED) is 0.842. The SMILES string of the molecule is Brc1cccc2c1CCN(CCN1CCCCC1)C2. The summed E-state index contributed by atoms with van der Waals surface area (Å²) in [6.45, 7) is 7.45. The predicted molar refractivity (Wildman–Crippen MR) is 83.4 cm³/mol. The van der Waals surface area contributed by atoms with Gasteiger partial charge in [0.15, 0.2) is 0 Å². The Bertz CT molecular complexity index is 427. The topological polar surface area (TPSA) is 6.48 Å². The number of rotatable bonds is 3. The lowest BCUT2D eigenvalue weighted by atomic mass is 10.00. The van der Waals surface area contributed by atoms with E-state index >= 15 is 0 Å². The van der Waals surface area contributed by atoms with Crippen molar-refractivity contribution in [3.8, 4) is 0 Å². The van der Waals surface area contributed by atoms with Crippen molar-refractivity contribution in [1.82, 2.24) is 9.80 Å². The third-order valence-electron chi connectivity index (χ3n) is 4.47. The van der Waals surface area contributed by atoms with Gasteiger partial charge in [-0.3, -0.25) is 4.90 Å². The van der Waals surface area contributed by atoms with Crippen LogP contribution in [0.4, 0.5) is 0 Å². The Labute approximate surface area is 124 Å². The van der Waals surface area contributed by atoms with Crippen LogP contribution in [0.5, 0.6) is 0 Å². The zero-order chi connectivity index (χ0) is 13.1. The molecule has 0 amide bonds. The molecule has 1 saturated heterocycles. The lowest BCUT2D eigenvalue weighted by Gasteiger charge is -2.33. The van der Waals surface area contributed by atoms with Crippen molar-refractivity contribution < 1.29 is 0 Å². The van der Waals surface area contributed by atoms with Gasteiger partial charge in [-0.1, -0.05) is 34.5 Å². The molecule has 2 heterocycles. The van der Waals surface area contributed by atoms with Crippen LogP contribution in [0.3, 0.4) is 0 Å². The molecule has 0 N–H and O–H groups in total. The maximum Gasteiger partial charge on any atom is 0.0237 e. The fourth-order valence-electron chi connectivity index (χ4n) is 3.28. The molecule has 0 bridgehead atoms. The van der Waals surface area contributed by atoms with Crippen molar-refractivity contribution in [2.24, 2.45) is 0 Å². The number of nitrogens with zero attached hydrogens (tertiary/aromatic N) is 2. The van der Waals surface area contributed by atoms with E-state index in [1.807, 2.05) is 0 Å². The first-order valence-corrected chi connectivity index (χ1v) is 8.33. The Morgan fingerprint density at radius 2 is 1.74 bits per heavy atom. The Morgan fingerprint density at radius 3 is 2.58 bits per heavy atom. The fraction of sp³-hybridized carbons (Fsp3) is 0.625. The highest BCUT2D eigenvalue weighted by atomic mass is 79.9. The maximum atomic E-state index is 3.68. The molecule has 0 atom stereocenters. The van der Waals surface area contributed by atoms with Crippen LogP contribution in [-0.2, 0) is 13.0 Å². The number of benzene rings is 1. The van der Waals surface area contributed by atoms with Gasteiger partial charge in [-0.25, -0.2) is 0 Å². The molecule has 0 saturated carbocycles. The van der Waals surface area contributed by atoms with E-state index in [-0.39, 0.29) is 0 Å². The molecule has 104 valence electrons. The molecule has 3 rings (SSSR count). The Hall–Kier alpha value is -0.380. The minimum absolute atomic E-state index is 1.13. The molecule has 3 heteroatoms. The van der Waals surface area contributed by atoms with Crippen molar-refractivity contribution in [3.05, 3.63) is 33.8 Å². The number of halogens is 1. The second-order valence-electron chi connectivity index (χ2n) is 5.81. The fourth-order valence-corrected chi connectivity index (χ4v) is 3.88. The van der Waals surface area contributed by atoms with Crippen LogP contribution in [0.2, 0.25) is 0 Å². The summed E-state index contributed by atoms with van der Waals surface area (Å²) in [6, 6.07) is 6.62. The molecule has 2 nitrogen and oxygen atoms in total. The summed E-state index contributed by atoms with van der Waals surface area (Å²) in [5.74, 6) is 0. The van der Waals surface area contributed by atoms with Crippen LogP contribution in [0, 0.1) is 0 Å². The van der Waals surface area contributed by atoms with Gasteiger partial charge < -0.3 is 4.90 Å². The van der Waals surface area contributed by atoms with E-state index in [1.165, 1.54) is 74.0 Å². The molecule has 1 fully saturated rings. The molecule has 0 spiro atoms. The van der Waals surface area contributed by atoms with E-state index in [9.17, 15) is 0 Å². The van der Waals surface area contributed by atoms with Gasteiger partial charge in [-0.05, 0) is 49.5 Å². The van der Waals surface area contributed by atoms with E-state index < -0.39 is 0 Å². The van der Waals surface area contributed by atoms with Crippen LogP contribution in [-0.4, -0.2) is 42.5 Å². The highest BCUT2D eigenvalue weighted by Crippen LogP contribution is 2.26. The molecule has 19 heavy (non-hydrogen) atoms. The monoisotopic (exact) mass is 322 g/mol. The minimum Gasteiger partial charge on any atom is -0.302 e. The van der Waals surface area contributed by atoms with E-state index in [4.69, 9.17) is 0 Å². The van der Waals surface area contributed by atoms with Gasteiger partial charge in [0.1, 0.15) is 0 Å². The Morgan fingerprint density at radius 1 is 0.947 bits per heavy atom. The first kappa shape index (κ1) is 13.6. The Kier molecular flexibility index (Phi) is 4.57. The Balaban J connectivity index is 1.54. The second kappa shape index (κ2) is 6.38. The molecule has 1 aromatic carbocycles. The van der Waals surface area contributed by atoms with Gasteiger partial charge in [-0.2, -0.15) is 0 Å². The van der Waals surface area contributed by atoms with Crippen molar-refractivity contribution >= 4 is 15.9 Å². The summed E-state index contributed by atoms with van der Waals surface area (Å²) in [5.41, 5.74) is 3.04. The normalized spacial score (nSPS) is 21.3. The summed E-state index contributed by atoms with van der Waals surface area (Å²) in [6.07, 6.45) is 5.42. The number of likely N-dealkylation sites (tertiary alicyclic amines) is 1. The minimum atomic E-state index is 1.13. The van der Waals surface area contributed by atoms with Crippen molar-refractivity contribution in [3.63, 3.8) is 0 Å². The molecule has 2 aliphatic rings. The van der Waals surface area contributed by atoms with Crippen LogP contribution in [0.1, 0.15) is 30.4 Å². The highest BCUT2D eigenvalue weighted by Gasteiger charge is 2.18. The largest absolute Gasteiger partial charge is 0.302 e. The molecule has 1 aromatic rings. The van der Waals surface area contributed by atoms with Gasteiger partial charge in [-0.15, -0.1) is 0 Å². The standard InChI is InChI=1S/C16H23BrN2/c17-16-6-4-5-14-13-19(10-7-15(14)16)12-11-18-8-2-1-3-9-18/h4-6H,1-3,7-13H2. The van der Waals surface area contributed by atoms with Crippen molar-refractivity contribution in [1.29, 1.82) is 0 Å². The van der Waals surface area contributed by atoms with E-state index in [0.29, 0.717) is 0 Å². The first-order valence-electron chi connectivity index (χ1n) is 7.54. The molecule has 0 unspecified atom stereocenters. The van der Waals surface area contributed by atoms with Crippen LogP contribution >= 0.6 is 15.9 Å². The van der Waals surface area contributed by atoms with Crippen LogP contribution < -0.4 is 0 Å². The van der Waals surface area contributed by atoms with E-state index in [1.54, 1.807) is 0 Å².